The van der Waals surface area contributed by atoms with Crippen molar-refractivity contribution >= 4 is 16.9 Å². The number of hydrogen-bond donors (Lipinski definition) is 1. The van der Waals surface area contributed by atoms with E-state index in [0.717, 1.165) is 41.3 Å². The summed E-state index contributed by atoms with van der Waals surface area (Å²) in [5, 5.41) is 0. The fourth-order valence-electron chi connectivity index (χ4n) is 3.27. The first-order chi connectivity index (χ1) is 11.3. The molecule has 0 amide bonds. The predicted octanol–water partition coefficient (Wildman–Crippen LogP) is 2.63. The summed E-state index contributed by atoms with van der Waals surface area (Å²) >= 11 is 0. The molecule has 6 heteroatoms. The second-order valence-corrected chi connectivity index (χ2v) is 5.86. The number of anilines is 1. The molecule has 1 aliphatic heterocycles. The summed E-state index contributed by atoms with van der Waals surface area (Å²) < 4.78 is 5.59. The van der Waals surface area contributed by atoms with Crippen molar-refractivity contribution in [2.24, 2.45) is 0 Å². The Labute approximate surface area is 134 Å². The van der Waals surface area contributed by atoms with Crippen molar-refractivity contribution in [3.63, 3.8) is 0 Å². The predicted molar refractivity (Wildman–Crippen MR) is 88.4 cm³/mol. The van der Waals surface area contributed by atoms with Crippen molar-refractivity contribution in [2.45, 2.75) is 25.5 Å². The number of para-hydroxylation sites is 2. The lowest BCUT2D eigenvalue weighted by molar-refractivity contribution is 0.118. The van der Waals surface area contributed by atoms with Gasteiger partial charge in [-0.3, -0.25) is 0 Å². The van der Waals surface area contributed by atoms with Gasteiger partial charge in [0, 0.05) is 32.5 Å². The average molecular weight is 309 g/mol. The summed E-state index contributed by atoms with van der Waals surface area (Å²) in [5.41, 5.74) is 2.76. The van der Waals surface area contributed by atoms with Gasteiger partial charge in [0.15, 0.2) is 5.82 Å². The van der Waals surface area contributed by atoms with Crippen LogP contribution in [0, 0.1) is 6.92 Å². The molecule has 0 radical (unpaired) electrons. The Morgan fingerprint density at radius 1 is 1.22 bits per heavy atom. The van der Waals surface area contributed by atoms with E-state index in [9.17, 15) is 0 Å². The minimum absolute atomic E-state index is 0.129. The quantitative estimate of drug-likeness (QED) is 0.805. The summed E-state index contributed by atoms with van der Waals surface area (Å²) in [5.74, 6) is 1.85. The highest BCUT2D eigenvalue weighted by Crippen LogP contribution is 2.36. The van der Waals surface area contributed by atoms with E-state index in [1.54, 1.807) is 13.3 Å². The zero-order valence-electron chi connectivity index (χ0n) is 13.2. The molecule has 4 rings (SSSR count). The lowest BCUT2D eigenvalue weighted by Gasteiger charge is -2.25. The van der Waals surface area contributed by atoms with Gasteiger partial charge in [0.2, 0.25) is 0 Å². The molecule has 2 aromatic heterocycles. The molecule has 1 saturated heterocycles. The number of hydrogen-bond acceptors (Lipinski definition) is 5. The monoisotopic (exact) mass is 309 g/mol. The molecule has 0 aliphatic carbocycles. The number of aromatic nitrogens is 4. The van der Waals surface area contributed by atoms with Crippen molar-refractivity contribution in [1.82, 2.24) is 19.9 Å². The standard InChI is InChI=1S/C17H19N5O/c1-11-17(21-14-6-4-3-5-13(14)20-11)22-10-12(23-2)9-15(22)16-18-7-8-19-16/h3-8,12,15H,9-10H2,1-2H3,(H,18,19)/t12-,15?/m1/s1. The van der Waals surface area contributed by atoms with Crippen LogP contribution >= 0.6 is 0 Å². The van der Waals surface area contributed by atoms with E-state index in [2.05, 4.69) is 14.9 Å². The van der Waals surface area contributed by atoms with Crippen molar-refractivity contribution in [3.05, 3.63) is 48.2 Å². The van der Waals surface area contributed by atoms with Crippen LogP contribution in [0.5, 0.6) is 0 Å². The molecule has 1 unspecified atom stereocenters. The molecule has 118 valence electrons. The largest absolute Gasteiger partial charge is 0.380 e. The topological polar surface area (TPSA) is 66.9 Å². The highest BCUT2D eigenvalue weighted by Gasteiger charge is 2.36. The minimum Gasteiger partial charge on any atom is -0.380 e. The molecule has 6 nitrogen and oxygen atoms in total. The highest BCUT2D eigenvalue weighted by atomic mass is 16.5. The maximum Gasteiger partial charge on any atom is 0.151 e. The Kier molecular flexibility index (Phi) is 3.46. The number of nitrogens with one attached hydrogen (secondary N) is 1. The summed E-state index contributed by atoms with van der Waals surface area (Å²) in [7, 11) is 1.76. The third-order valence-corrected chi connectivity index (χ3v) is 4.42. The van der Waals surface area contributed by atoms with Gasteiger partial charge in [-0.15, -0.1) is 0 Å². The number of fused-ring (bicyclic) bond motifs is 1. The van der Waals surface area contributed by atoms with Crippen molar-refractivity contribution in [3.8, 4) is 0 Å². The third kappa shape index (κ3) is 2.45. The number of benzene rings is 1. The second-order valence-electron chi connectivity index (χ2n) is 5.86. The first-order valence-corrected chi connectivity index (χ1v) is 7.78. The molecular weight excluding hydrogens is 290 g/mol. The number of aromatic amines is 1. The lowest BCUT2D eigenvalue weighted by Crippen LogP contribution is -2.27. The molecule has 1 fully saturated rings. The number of ether oxygens (including phenoxy) is 1. The van der Waals surface area contributed by atoms with E-state index >= 15 is 0 Å². The van der Waals surface area contributed by atoms with Gasteiger partial charge in [0.1, 0.15) is 5.82 Å². The van der Waals surface area contributed by atoms with E-state index in [1.807, 2.05) is 37.4 Å². The zero-order chi connectivity index (χ0) is 15.8. The van der Waals surface area contributed by atoms with Crippen LogP contribution in [0.1, 0.15) is 24.0 Å². The Bertz CT molecular complexity index is 817. The molecule has 1 aliphatic rings. The second kappa shape index (κ2) is 5.62. The van der Waals surface area contributed by atoms with Crippen molar-refractivity contribution < 1.29 is 4.74 Å². The summed E-state index contributed by atoms with van der Waals surface area (Å²) in [6.07, 6.45) is 4.69. The normalized spacial score (nSPS) is 21.2. The third-order valence-electron chi connectivity index (χ3n) is 4.42. The van der Waals surface area contributed by atoms with Crippen LogP contribution in [0.15, 0.2) is 36.7 Å². The van der Waals surface area contributed by atoms with E-state index in [-0.39, 0.29) is 12.1 Å². The van der Waals surface area contributed by atoms with E-state index in [4.69, 9.17) is 14.7 Å². The Morgan fingerprint density at radius 2 is 2.00 bits per heavy atom. The van der Waals surface area contributed by atoms with Crippen molar-refractivity contribution in [2.75, 3.05) is 18.6 Å². The molecule has 0 bridgehead atoms. The first kappa shape index (κ1) is 14.1. The van der Waals surface area contributed by atoms with Crippen LogP contribution < -0.4 is 4.90 Å². The number of rotatable bonds is 3. The molecule has 0 spiro atoms. The van der Waals surface area contributed by atoms with Crippen LogP contribution in [-0.2, 0) is 4.74 Å². The number of methoxy groups -OCH3 is 1. The van der Waals surface area contributed by atoms with Gasteiger partial charge in [0.05, 0.1) is 28.9 Å². The van der Waals surface area contributed by atoms with Gasteiger partial charge in [-0.1, -0.05) is 12.1 Å². The van der Waals surface area contributed by atoms with Gasteiger partial charge >= 0.3 is 0 Å². The summed E-state index contributed by atoms with van der Waals surface area (Å²) in [6, 6.07) is 8.09. The van der Waals surface area contributed by atoms with Crippen LogP contribution in [0.4, 0.5) is 5.82 Å². The summed E-state index contributed by atoms with van der Waals surface area (Å²) in [6.45, 7) is 2.80. The van der Waals surface area contributed by atoms with Crippen LogP contribution in [-0.4, -0.2) is 39.7 Å². The van der Waals surface area contributed by atoms with E-state index in [0.29, 0.717) is 0 Å². The molecule has 3 aromatic rings. The molecule has 2 atom stereocenters. The average Bonchev–Trinajstić information content (AvgIpc) is 3.23. The molecular formula is C17H19N5O. The molecule has 1 N–H and O–H groups in total. The lowest BCUT2D eigenvalue weighted by atomic mass is 10.2. The van der Waals surface area contributed by atoms with Gasteiger partial charge < -0.3 is 14.6 Å². The van der Waals surface area contributed by atoms with Crippen LogP contribution in [0.25, 0.3) is 11.0 Å². The zero-order valence-corrected chi connectivity index (χ0v) is 13.2. The molecule has 3 heterocycles. The SMILES string of the molecule is CO[C@@H]1CC(c2ncc[nH]2)N(c2nc3ccccc3nc2C)C1. The van der Waals surface area contributed by atoms with Crippen LogP contribution in [0.2, 0.25) is 0 Å². The fraction of sp³-hybridized carbons (Fsp3) is 0.353. The molecule has 23 heavy (non-hydrogen) atoms. The van der Waals surface area contributed by atoms with E-state index in [1.165, 1.54) is 0 Å². The van der Waals surface area contributed by atoms with Gasteiger partial charge in [-0.2, -0.15) is 0 Å². The van der Waals surface area contributed by atoms with Crippen molar-refractivity contribution in [1.29, 1.82) is 0 Å². The Balaban J connectivity index is 1.79. The number of imidazole rings is 1. The molecule has 0 saturated carbocycles. The highest BCUT2D eigenvalue weighted by molar-refractivity contribution is 5.76. The van der Waals surface area contributed by atoms with Gasteiger partial charge in [-0.25, -0.2) is 15.0 Å². The number of H-pyrrole nitrogens is 1. The Hall–Kier alpha value is -2.47. The fourth-order valence-corrected chi connectivity index (χ4v) is 3.27. The van der Waals surface area contributed by atoms with Gasteiger partial charge in [0.25, 0.3) is 0 Å². The minimum atomic E-state index is 0.129. The van der Waals surface area contributed by atoms with E-state index < -0.39 is 0 Å². The Morgan fingerprint density at radius 3 is 2.70 bits per heavy atom. The smallest absolute Gasteiger partial charge is 0.151 e. The maximum absolute atomic E-state index is 5.59. The van der Waals surface area contributed by atoms with Crippen LogP contribution in [0.3, 0.4) is 0 Å². The van der Waals surface area contributed by atoms with Gasteiger partial charge in [-0.05, 0) is 19.1 Å². The summed E-state index contributed by atoms with van der Waals surface area (Å²) in [4.78, 5) is 19.5. The maximum atomic E-state index is 5.59. The number of nitrogens with zero attached hydrogens (tertiary/aromatic N) is 4. The number of aryl methyl sites for hydroxylation is 1. The molecule has 1 aromatic carbocycles. The first-order valence-electron chi connectivity index (χ1n) is 7.78.